The number of rotatable bonds is 6. The van der Waals surface area contributed by atoms with Gasteiger partial charge in [-0.1, -0.05) is 54.6 Å². The molecule has 1 aromatic heterocycles. The Morgan fingerprint density at radius 3 is 2.29 bits per heavy atom. The number of anilines is 1. The highest BCUT2D eigenvalue weighted by molar-refractivity contribution is 7.89. The smallest absolute Gasteiger partial charge is 0.274 e. The number of sulfonamides is 1. The zero-order valence-electron chi connectivity index (χ0n) is 16.9. The van der Waals surface area contributed by atoms with Crippen LogP contribution >= 0.6 is 0 Å². The minimum absolute atomic E-state index is 0.160. The Balaban J connectivity index is 1.47. The van der Waals surface area contributed by atoms with Crippen molar-refractivity contribution in [1.29, 1.82) is 0 Å². The summed E-state index contributed by atoms with van der Waals surface area (Å²) < 4.78 is 27.0. The number of benzene rings is 3. The van der Waals surface area contributed by atoms with Crippen LogP contribution in [0.25, 0.3) is 10.9 Å². The van der Waals surface area contributed by atoms with E-state index in [1.807, 2.05) is 60.7 Å². The van der Waals surface area contributed by atoms with Gasteiger partial charge in [-0.05, 0) is 42.0 Å². The van der Waals surface area contributed by atoms with E-state index in [0.29, 0.717) is 5.69 Å². The molecule has 0 fully saturated rings. The molecule has 1 N–H and O–H groups in total. The molecule has 0 atom stereocenters. The van der Waals surface area contributed by atoms with Gasteiger partial charge in [0.05, 0.1) is 10.4 Å². The average Bonchev–Trinajstić information content (AvgIpc) is 2.79. The zero-order chi connectivity index (χ0) is 21.8. The highest BCUT2D eigenvalue weighted by Crippen LogP contribution is 2.20. The molecule has 0 aliphatic heterocycles. The Hall–Kier alpha value is -3.55. The maximum absolute atomic E-state index is 12.8. The van der Waals surface area contributed by atoms with E-state index in [4.69, 9.17) is 0 Å². The van der Waals surface area contributed by atoms with Gasteiger partial charge in [0.25, 0.3) is 5.91 Å². The van der Waals surface area contributed by atoms with Gasteiger partial charge in [0.15, 0.2) is 0 Å². The lowest BCUT2D eigenvalue weighted by atomic mass is 10.2. The van der Waals surface area contributed by atoms with Crippen molar-refractivity contribution < 1.29 is 13.2 Å². The molecule has 1 amide bonds. The van der Waals surface area contributed by atoms with E-state index in [1.54, 1.807) is 25.2 Å². The summed E-state index contributed by atoms with van der Waals surface area (Å²) in [5.41, 5.74) is 2.42. The minimum Gasteiger partial charge on any atom is -0.321 e. The SMILES string of the molecule is CN(Cc1ccccc1)S(=O)(=O)c1ccc(NC(=O)c2ccc3ccccc3n2)cc1. The van der Waals surface area contributed by atoms with Crippen LogP contribution in [-0.4, -0.2) is 30.7 Å². The van der Waals surface area contributed by atoms with Crippen LogP contribution in [-0.2, 0) is 16.6 Å². The largest absolute Gasteiger partial charge is 0.321 e. The molecule has 7 heteroatoms. The zero-order valence-corrected chi connectivity index (χ0v) is 17.7. The summed E-state index contributed by atoms with van der Waals surface area (Å²) in [7, 11) is -2.11. The normalized spacial score (nSPS) is 11.5. The lowest BCUT2D eigenvalue weighted by molar-refractivity contribution is 0.102. The lowest BCUT2D eigenvalue weighted by Gasteiger charge is -2.17. The van der Waals surface area contributed by atoms with E-state index >= 15 is 0 Å². The summed E-state index contributed by atoms with van der Waals surface area (Å²) in [5, 5.41) is 3.71. The van der Waals surface area contributed by atoms with E-state index < -0.39 is 10.0 Å². The van der Waals surface area contributed by atoms with Gasteiger partial charge in [0, 0.05) is 24.7 Å². The number of pyridine rings is 1. The number of fused-ring (bicyclic) bond motifs is 1. The first-order valence-electron chi connectivity index (χ1n) is 9.71. The number of carbonyl (C=O) groups is 1. The predicted molar refractivity (Wildman–Crippen MR) is 121 cm³/mol. The topological polar surface area (TPSA) is 79.4 Å². The molecule has 1 heterocycles. The van der Waals surface area contributed by atoms with Crippen LogP contribution in [0.1, 0.15) is 16.1 Å². The molecule has 0 radical (unpaired) electrons. The van der Waals surface area contributed by atoms with Crippen molar-refractivity contribution in [3.05, 3.63) is 102 Å². The second kappa shape index (κ2) is 8.67. The molecule has 4 rings (SSSR count). The standard InChI is InChI=1S/C24H21N3O3S/c1-27(17-18-7-3-2-4-8-18)31(29,30)21-14-12-20(13-15-21)25-24(28)23-16-11-19-9-5-6-10-22(19)26-23/h2-16H,17H2,1H3,(H,25,28). The molecule has 31 heavy (non-hydrogen) atoms. The number of hydrogen-bond donors (Lipinski definition) is 1. The summed E-state index contributed by atoms with van der Waals surface area (Å²) in [6.07, 6.45) is 0. The minimum atomic E-state index is -3.65. The van der Waals surface area contributed by atoms with Crippen LogP contribution in [0.5, 0.6) is 0 Å². The highest BCUT2D eigenvalue weighted by atomic mass is 32.2. The van der Waals surface area contributed by atoms with E-state index in [0.717, 1.165) is 16.5 Å². The Morgan fingerprint density at radius 2 is 1.55 bits per heavy atom. The summed E-state index contributed by atoms with van der Waals surface area (Å²) in [5.74, 6) is -0.359. The summed E-state index contributed by atoms with van der Waals surface area (Å²) in [6.45, 7) is 0.273. The lowest BCUT2D eigenvalue weighted by Crippen LogP contribution is -2.26. The van der Waals surface area contributed by atoms with Gasteiger partial charge < -0.3 is 5.32 Å². The quantitative estimate of drug-likeness (QED) is 0.493. The van der Waals surface area contributed by atoms with Gasteiger partial charge >= 0.3 is 0 Å². The highest BCUT2D eigenvalue weighted by Gasteiger charge is 2.21. The molecule has 0 unspecified atom stereocenters. The second-order valence-corrected chi connectivity index (χ2v) is 9.16. The molecule has 4 aromatic rings. The number of amides is 1. The van der Waals surface area contributed by atoms with Crippen LogP contribution < -0.4 is 5.32 Å². The summed E-state index contributed by atoms with van der Waals surface area (Å²) >= 11 is 0. The van der Waals surface area contributed by atoms with E-state index in [9.17, 15) is 13.2 Å². The molecule has 156 valence electrons. The monoisotopic (exact) mass is 431 g/mol. The Labute approximate surface area is 181 Å². The third-order valence-electron chi connectivity index (χ3n) is 4.90. The van der Waals surface area contributed by atoms with Crippen molar-refractivity contribution in [2.24, 2.45) is 0 Å². The number of nitrogens with zero attached hydrogens (tertiary/aromatic N) is 2. The van der Waals surface area contributed by atoms with Gasteiger partial charge in [-0.3, -0.25) is 4.79 Å². The first-order chi connectivity index (χ1) is 14.9. The van der Waals surface area contributed by atoms with E-state index in [1.165, 1.54) is 16.4 Å². The molecule has 0 saturated heterocycles. The summed E-state index contributed by atoms with van der Waals surface area (Å²) in [6, 6.07) is 26.6. The van der Waals surface area contributed by atoms with Crippen LogP contribution in [0.2, 0.25) is 0 Å². The fourth-order valence-corrected chi connectivity index (χ4v) is 4.36. The van der Waals surface area contributed by atoms with E-state index in [-0.39, 0.29) is 23.0 Å². The molecule has 0 saturated carbocycles. The second-order valence-electron chi connectivity index (χ2n) is 7.11. The fourth-order valence-electron chi connectivity index (χ4n) is 3.20. The van der Waals surface area contributed by atoms with Crippen molar-refractivity contribution in [2.75, 3.05) is 12.4 Å². The summed E-state index contributed by atoms with van der Waals surface area (Å²) in [4.78, 5) is 17.1. The van der Waals surface area contributed by atoms with Gasteiger partial charge in [0.1, 0.15) is 5.69 Å². The number of hydrogen-bond acceptors (Lipinski definition) is 4. The molecule has 0 aliphatic carbocycles. The van der Waals surface area contributed by atoms with Crippen LogP contribution in [0, 0.1) is 0 Å². The third-order valence-corrected chi connectivity index (χ3v) is 6.72. The van der Waals surface area contributed by atoms with Crippen LogP contribution in [0.4, 0.5) is 5.69 Å². The van der Waals surface area contributed by atoms with Crippen molar-refractivity contribution in [3.63, 3.8) is 0 Å². The molecular weight excluding hydrogens is 410 g/mol. The number of aromatic nitrogens is 1. The van der Waals surface area contributed by atoms with Gasteiger partial charge in [-0.15, -0.1) is 0 Å². The van der Waals surface area contributed by atoms with Crippen molar-refractivity contribution in [2.45, 2.75) is 11.4 Å². The molecular formula is C24H21N3O3S. The maximum atomic E-state index is 12.8. The van der Waals surface area contributed by atoms with Crippen LogP contribution in [0.3, 0.4) is 0 Å². The number of nitrogens with one attached hydrogen (secondary N) is 1. The average molecular weight is 432 g/mol. The van der Waals surface area contributed by atoms with Gasteiger partial charge in [-0.25, -0.2) is 13.4 Å². The molecule has 3 aromatic carbocycles. The van der Waals surface area contributed by atoms with Crippen molar-refractivity contribution in [1.82, 2.24) is 9.29 Å². The van der Waals surface area contributed by atoms with Gasteiger partial charge in [0.2, 0.25) is 10.0 Å². The third kappa shape index (κ3) is 4.63. The number of para-hydroxylation sites is 1. The molecule has 0 bridgehead atoms. The number of carbonyl (C=O) groups excluding carboxylic acids is 1. The molecule has 0 spiro atoms. The maximum Gasteiger partial charge on any atom is 0.274 e. The van der Waals surface area contributed by atoms with Gasteiger partial charge in [-0.2, -0.15) is 4.31 Å². The molecule has 0 aliphatic rings. The Kier molecular flexibility index (Phi) is 5.79. The van der Waals surface area contributed by atoms with E-state index in [2.05, 4.69) is 10.3 Å². The van der Waals surface area contributed by atoms with Crippen LogP contribution in [0.15, 0.2) is 95.9 Å². The predicted octanol–water partition coefficient (Wildman–Crippen LogP) is 4.31. The Bertz CT molecular complexity index is 1320. The fraction of sp³-hybridized carbons (Fsp3) is 0.0833. The Morgan fingerprint density at radius 1 is 0.871 bits per heavy atom. The first-order valence-corrected chi connectivity index (χ1v) is 11.1. The van der Waals surface area contributed by atoms with Crippen molar-refractivity contribution in [3.8, 4) is 0 Å². The first kappa shape index (κ1) is 20.7. The molecule has 6 nitrogen and oxygen atoms in total. The van der Waals surface area contributed by atoms with Crippen molar-refractivity contribution >= 4 is 32.5 Å².